The Bertz CT molecular complexity index is 280. The maximum Gasteiger partial charge on any atom is 0.0485 e. The predicted octanol–water partition coefficient (Wildman–Crippen LogP) is 1.26. The molecule has 1 heterocycles. The Morgan fingerprint density at radius 2 is 2.20 bits per heavy atom. The third kappa shape index (κ3) is 0.469. The predicted molar refractivity (Wildman–Crippen MR) is 39.8 cm³/mol. The highest BCUT2D eigenvalue weighted by atomic mass is 15.2. The van der Waals surface area contributed by atoms with E-state index in [4.69, 9.17) is 0 Å². The SMILES string of the molecule is c1ccc2c(c1)C[C@H]1N[C@@H]21. The Balaban J connectivity index is 2.22. The summed E-state index contributed by atoms with van der Waals surface area (Å²) < 4.78 is 0. The van der Waals surface area contributed by atoms with Gasteiger partial charge in [-0.25, -0.2) is 0 Å². The summed E-state index contributed by atoms with van der Waals surface area (Å²) in [5.41, 5.74) is 3.09. The summed E-state index contributed by atoms with van der Waals surface area (Å²) in [4.78, 5) is 0. The van der Waals surface area contributed by atoms with Gasteiger partial charge in [-0.3, -0.25) is 0 Å². The zero-order valence-electron chi connectivity index (χ0n) is 5.67. The van der Waals surface area contributed by atoms with Crippen LogP contribution in [0.4, 0.5) is 0 Å². The van der Waals surface area contributed by atoms with E-state index in [0.29, 0.717) is 0 Å². The van der Waals surface area contributed by atoms with Gasteiger partial charge in [0.2, 0.25) is 0 Å². The molecule has 2 aliphatic rings. The maximum atomic E-state index is 3.42. The minimum absolute atomic E-state index is 0.719. The molecule has 0 aromatic heterocycles. The number of rotatable bonds is 0. The maximum absolute atomic E-state index is 3.42. The average molecular weight is 131 g/mol. The van der Waals surface area contributed by atoms with Crippen molar-refractivity contribution in [3.63, 3.8) is 0 Å². The molecule has 1 nitrogen and oxygen atoms in total. The van der Waals surface area contributed by atoms with E-state index < -0.39 is 0 Å². The number of benzene rings is 1. The van der Waals surface area contributed by atoms with E-state index in [2.05, 4.69) is 29.6 Å². The molecule has 50 valence electrons. The van der Waals surface area contributed by atoms with Crippen LogP contribution in [0.5, 0.6) is 0 Å². The largest absolute Gasteiger partial charge is 0.304 e. The van der Waals surface area contributed by atoms with Crippen molar-refractivity contribution in [2.75, 3.05) is 0 Å². The van der Waals surface area contributed by atoms with E-state index >= 15 is 0 Å². The van der Waals surface area contributed by atoms with Gasteiger partial charge in [0.25, 0.3) is 0 Å². The topological polar surface area (TPSA) is 21.9 Å². The molecular formula is C9H9N. The van der Waals surface area contributed by atoms with Crippen LogP contribution in [-0.4, -0.2) is 6.04 Å². The normalized spacial score (nSPS) is 33.2. The Kier molecular flexibility index (Phi) is 0.702. The number of fused-ring (bicyclic) bond motifs is 3. The first-order chi connectivity index (χ1) is 4.95. The Hall–Kier alpha value is -0.820. The molecule has 1 N–H and O–H groups in total. The summed E-state index contributed by atoms with van der Waals surface area (Å²) in [7, 11) is 0. The standard InChI is InChI=1S/C9H9N/c1-2-4-7-6(3-1)5-8-9(7)10-8/h1-4,8-10H,5H2/t8-,9+/m1/s1. The first-order valence-corrected chi connectivity index (χ1v) is 3.79. The fraction of sp³-hybridized carbons (Fsp3) is 0.333. The van der Waals surface area contributed by atoms with Crippen LogP contribution in [0.15, 0.2) is 24.3 Å². The molecule has 0 radical (unpaired) electrons. The lowest BCUT2D eigenvalue weighted by Gasteiger charge is -1.98. The summed E-state index contributed by atoms with van der Waals surface area (Å²) in [6.45, 7) is 0. The van der Waals surface area contributed by atoms with Gasteiger partial charge in [0.15, 0.2) is 0 Å². The molecule has 0 bridgehead atoms. The van der Waals surface area contributed by atoms with E-state index in [-0.39, 0.29) is 0 Å². The van der Waals surface area contributed by atoms with Crippen LogP contribution in [-0.2, 0) is 6.42 Å². The molecule has 1 aliphatic heterocycles. The molecule has 10 heavy (non-hydrogen) atoms. The summed E-state index contributed by atoms with van der Waals surface area (Å²) >= 11 is 0. The van der Waals surface area contributed by atoms with E-state index in [1.807, 2.05) is 0 Å². The van der Waals surface area contributed by atoms with Crippen LogP contribution < -0.4 is 5.32 Å². The minimum Gasteiger partial charge on any atom is -0.304 e. The molecule has 3 rings (SSSR count). The third-order valence-electron chi connectivity index (χ3n) is 2.52. The summed E-state index contributed by atoms with van der Waals surface area (Å²) in [5.74, 6) is 0. The summed E-state index contributed by atoms with van der Waals surface area (Å²) in [6, 6.07) is 10.2. The average Bonchev–Trinajstić information content (AvgIpc) is 2.64. The Labute approximate surface area is 60.1 Å². The van der Waals surface area contributed by atoms with Gasteiger partial charge in [0, 0.05) is 12.1 Å². The smallest absolute Gasteiger partial charge is 0.0485 e. The van der Waals surface area contributed by atoms with Gasteiger partial charge in [0.1, 0.15) is 0 Å². The zero-order chi connectivity index (χ0) is 6.55. The highest BCUT2D eigenvalue weighted by Gasteiger charge is 2.43. The van der Waals surface area contributed by atoms with E-state index in [9.17, 15) is 0 Å². The van der Waals surface area contributed by atoms with Crippen LogP contribution >= 0.6 is 0 Å². The number of hydrogen-bond acceptors (Lipinski definition) is 1. The van der Waals surface area contributed by atoms with Crippen molar-refractivity contribution in [2.24, 2.45) is 0 Å². The highest BCUT2D eigenvalue weighted by Crippen LogP contribution is 2.40. The second kappa shape index (κ2) is 1.43. The summed E-state index contributed by atoms with van der Waals surface area (Å²) in [5, 5.41) is 3.42. The van der Waals surface area contributed by atoms with Crippen LogP contribution in [0.3, 0.4) is 0 Å². The van der Waals surface area contributed by atoms with Crippen molar-refractivity contribution in [3.8, 4) is 0 Å². The molecule has 1 saturated heterocycles. The first-order valence-electron chi connectivity index (χ1n) is 3.79. The Morgan fingerprint density at radius 3 is 3.10 bits per heavy atom. The van der Waals surface area contributed by atoms with E-state index in [1.165, 1.54) is 12.0 Å². The fourth-order valence-corrected chi connectivity index (χ4v) is 1.92. The summed E-state index contributed by atoms with van der Waals surface area (Å²) in [6.07, 6.45) is 1.25. The first kappa shape index (κ1) is 4.91. The second-order valence-corrected chi connectivity index (χ2v) is 3.15. The van der Waals surface area contributed by atoms with Crippen molar-refractivity contribution >= 4 is 0 Å². The fourth-order valence-electron chi connectivity index (χ4n) is 1.92. The van der Waals surface area contributed by atoms with Crippen LogP contribution in [0.2, 0.25) is 0 Å². The molecular weight excluding hydrogens is 122 g/mol. The molecule has 1 aliphatic carbocycles. The van der Waals surface area contributed by atoms with Gasteiger partial charge in [-0.1, -0.05) is 24.3 Å². The number of hydrogen-bond donors (Lipinski definition) is 1. The van der Waals surface area contributed by atoms with Crippen LogP contribution in [0.25, 0.3) is 0 Å². The molecule has 0 unspecified atom stereocenters. The zero-order valence-corrected chi connectivity index (χ0v) is 5.67. The highest BCUT2D eigenvalue weighted by molar-refractivity contribution is 5.42. The molecule has 2 atom stereocenters. The second-order valence-electron chi connectivity index (χ2n) is 3.15. The monoisotopic (exact) mass is 131 g/mol. The molecule has 1 fully saturated rings. The van der Waals surface area contributed by atoms with E-state index in [1.54, 1.807) is 5.56 Å². The van der Waals surface area contributed by atoms with E-state index in [0.717, 1.165) is 12.1 Å². The lowest BCUT2D eigenvalue weighted by Crippen LogP contribution is -1.95. The molecule has 1 heteroatoms. The van der Waals surface area contributed by atoms with Crippen LogP contribution in [0, 0.1) is 0 Å². The van der Waals surface area contributed by atoms with Gasteiger partial charge in [0.05, 0.1) is 0 Å². The van der Waals surface area contributed by atoms with Gasteiger partial charge >= 0.3 is 0 Å². The molecule has 0 saturated carbocycles. The molecule has 1 aromatic rings. The van der Waals surface area contributed by atoms with Gasteiger partial charge in [-0.2, -0.15) is 0 Å². The minimum atomic E-state index is 0.719. The van der Waals surface area contributed by atoms with Crippen molar-refractivity contribution in [3.05, 3.63) is 35.4 Å². The Morgan fingerprint density at radius 1 is 1.30 bits per heavy atom. The molecule has 0 spiro atoms. The molecule has 1 aromatic carbocycles. The van der Waals surface area contributed by atoms with Gasteiger partial charge in [-0.15, -0.1) is 0 Å². The van der Waals surface area contributed by atoms with Crippen molar-refractivity contribution in [1.29, 1.82) is 0 Å². The quantitative estimate of drug-likeness (QED) is 0.526. The lowest BCUT2D eigenvalue weighted by atomic mass is 10.1. The number of nitrogens with one attached hydrogen (secondary N) is 1. The third-order valence-corrected chi connectivity index (χ3v) is 2.52. The van der Waals surface area contributed by atoms with Crippen molar-refractivity contribution in [1.82, 2.24) is 5.32 Å². The van der Waals surface area contributed by atoms with Crippen LogP contribution in [0.1, 0.15) is 17.2 Å². The lowest BCUT2D eigenvalue weighted by molar-refractivity contribution is 0.945. The van der Waals surface area contributed by atoms with Gasteiger partial charge in [-0.05, 0) is 17.5 Å². The van der Waals surface area contributed by atoms with Crippen molar-refractivity contribution < 1.29 is 0 Å². The van der Waals surface area contributed by atoms with Gasteiger partial charge < -0.3 is 5.32 Å². The molecule has 0 amide bonds. The van der Waals surface area contributed by atoms with Crippen molar-refractivity contribution in [2.45, 2.75) is 18.5 Å².